The molecule has 1 aromatic rings. The maximum Gasteiger partial charge on any atom is 0.231 e. The molecule has 5 atom stereocenters. The van der Waals surface area contributed by atoms with Crippen molar-refractivity contribution in [1.29, 1.82) is 0 Å². The number of ether oxygens (including phenoxy) is 3. The average molecular weight is 354 g/mol. The van der Waals surface area contributed by atoms with Crippen LogP contribution in [0, 0.1) is 0 Å². The van der Waals surface area contributed by atoms with Crippen LogP contribution in [0.2, 0.25) is 0 Å². The lowest BCUT2D eigenvalue weighted by Gasteiger charge is -2.38. The summed E-state index contributed by atoms with van der Waals surface area (Å²) in [7, 11) is 0. The van der Waals surface area contributed by atoms with Crippen molar-refractivity contribution in [2.24, 2.45) is 4.99 Å². The Morgan fingerprint density at radius 1 is 1.24 bits per heavy atom. The van der Waals surface area contributed by atoms with Crippen LogP contribution in [-0.4, -0.2) is 70.2 Å². The number of aliphatic hydroxyl groups excluding tert-OH is 4. The monoisotopic (exact) mass is 354 g/mol. The van der Waals surface area contributed by atoms with Crippen molar-refractivity contribution >= 4 is 5.71 Å². The molecular weight excluding hydrogens is 330 g/mol. The van der Waals surface area contributed by atoms with Crippen LogP contribution in [0.25, 0.3) is 0 Å². The molecule has 0 spiro atoms. The van der Waals surface area contributed by atoms with Crippen molar-refractivity contribution < 1.29 is 36.0 Å². The molecule has 25 heavy (non-hydrogen) atoms. The predicted molar refractivity (Wildman–Crippen MR) is 87.8 cm³/mol. The Morgan fingerprint density at radius 3 is 2.80 bits per heavy atom. The van der Waals surface area contributed by atoms with E-state index in [-0.39, 0.29) is 13.7 Å². The highest BCUT2D eigenvalue weighted by molar-refractivity contribution is 5.86. The summed E-state index contributed by atoms with van der Waals surface area (Å²) in [6.45, 7) is -0.262. The topological polar surface area (TPSA) is 121 Å². The Kier molecular flexibility index (Phi) is 5.14. The second-order valence-electron chi connectivity index (χ2n) is 6.03. The summed E-state index contributed by atoms with van der Waals surface area (Å²) in [5, 5.41) is 39.4. The highest BCUT2D eigenvalue weighted by atomic mass is 16.7. The number of benzene rings is 1. The Balaban J connectivity index is 1.78. The van der Waals surface area contributed by atoms with Gasteiger partial charge >= 0.3 is 0 Å². The maximum absolute atomic E-state index is 10.2. The number of hydrogen-bond acceptors (Lipinski definition) is 8. The third-order valence-electron chi connectivity index (χ3n) is 4.33. The van der Waals surface area contributed by atoms with Gasteiger partial charge in [0.2, 0.25) is 6.79 Å². The Labute approximate surface area is 146 Å². The van der Waals surface area contributed by atoms with Crippen LogP contribution < -0.4 is 9.47 Å². The Bertz CT molecular complexity index is 656. The van der Waals surface area contributed by atoms with Crippen molar-refractivity contribution in [1.82, 2.24) is 0 Å². The van der Waals surface area contributed by atoms with E-state index >= 15 is 0 Å². The molecule has 2 heterocycles. The fourth-order valence-electron chi connectivity index (χ4n) is 2.92. The molecule has 4 N–H and O–H groups in total. The zero-order valence-electron chi connectivity index (χ0n) is 14.6. The number of hydrogen-bond donors (Lipinski definition) is 4. The summed E-state index contributed by atoms with van der Waals surface area (Å²) in [5.74, 6) is 1.30. The van der Waals surface area contributed by atoms with Crippen molar-refractivity contribution in [3.05, 3.63) is 23.8 Å². The van der Waals surface area contributed by atoms with Crippen LogP contribution in [0.4, 0.5) is 0 Å². The second kappa shape index (κ2) is 7.67. The summed E-state index contributed by atoms with van der Waals surface area (Å²) in [5.41, 5.74) is 1.47. The van der Waals surface area contributed by atoms with E-state index in [1.165, 1.54) is 0 Å². The molecule has 0 aromatic heterocycles. The minimum atomic E-state index is -1.46. The summed E-state index contributed by atoms with van der Waals surface area (Å²) < 4.78 is 23.2. The molecule has 3 rings (SSSR count). The molecule has 1 saturated heterocycles. The molecule has 1 fully saturated rings. The Morgan fingerprint density at radius 2 is 2.04 bits per heavy atom. The molecule has 8 nitrogen and oxygen atoms in total. The van der Waals surface area contributed by atoms with Crippen molar-refractivity contribution in [3.8, 4) is 11.5 Å². The first-order valence-corrected chi connectivity index (χ1v) is 8.07. The first-order valence-electron chi connectivity index (χ1n) is 8.78. The van der Waals surface area contributed by atoms with E-state index in [0.717, 1.165) is 5.56 Å². The molecule has 1 aromatic carbocycles. The van der Waals surface area contributed by atoms with Gasteiger partial charge < -0.3 is 34.6 Å². The molecule has 0 saturated carbocycles. The fourth-order valence-corrected chi connectivity index (χ4v) is 2.92. The molecule has 0 amide bonds. The maximum atomic E-state index is 10.2. The first kappa shape index (κ1) is 16.7. The molecule has 2 aliphatic rings. The quantitative estimate of drug-likeness (QED) is 0.531. The van der Waals surface area contributed by atoms with E-state index in [2.05, 4.69) is 4.99 Å². The minimum absolute atomic E-state index is 0.0883. The van der Waals surface area contributed by atoms with Gasteiger partial charge in [0.1, 0.15) is 24.4 Å². The predicted octanol–water partition coefficient (Wildman–Crippen LogP) is -0.391. The smallest absolute Gasteiger partial charge is 0.231 e. The fraction of sp³-hybridized carbons (Fsp3) is 0.588. The van der Waals surface area contributed by atoms with Gasteiger partial charge in [-0.25, -0.2) is 0 Å². The summed E-state index contributed by atoms with van der Waals surface area (Å²) in [6.07, 6.45) is -4.54. The van der Waals surface area contributed by atoms with Crippen LogP contribution in [-0.2, 0) is 11.2 Å². The first-order chi connectivity index (χ1) is 12.5. The zero-order valence-corrected chi connectivity index (χ0v) is 13.6. The van der Waals surface area contributed by atoms with E-state index in [1.54, 1.807) is 6.07 Å². The third-order valence-corrected chi connectivity index (χ3v) is 4.33. The van der Waals surface area contributed by atoms with Gasteiger partial charge in [-0.3, -0.25) is 4.99 Å². The van der Waals surface area contributed by atoms with Crippen LogP contribution >= 0.6 is 0 Å². The van der Waals surface area contributed by atoms with Gasteiger partial charge in [-0.05, 0) is 24.1 Å². The number of aliphatic hydroxyl groups is 4. The van der Waals surface area contributed by atoms with Crippen LogP contribution in [0.3, 0.4) is 0 Å². The molecule has 0 aliphatic carbocycles. The second-order valence-corrected chi connectivity index (χ2v) is 6.03. The lowest BCUT2D eigenvalue weighted by molar-refractivity contribution is -0.248. The highest BCUT2D eigenvalue weighted by Gasteiger charge is 2.43. The SMILES string of the molecule is [2H]CCC(Cc1ccc2c(c1)OCO2)=N[C@H]1C(O)O[C@H](CO)[C@@H](O)[C@@H]1O. The molecule has 138 valence electrons. The summed E-state index contributed by atoms with van der Waals surface area (Å²) in [4.78, 5) is 4.35. The van der Waals surface area contributed by atoms with E-state index in [0.29, 0.717) is 30.1 Å². The molecule has 0 bridgehead atoms. The van der Waals surface area contributed by atoms with Gasteiger partial charge in [0.15, 0.2) is 17.8 Å². The third kappa shape index (κ3) is 3.78. The van der Waals surface area contributed by atoms with Crippen LogP contribution in [0.1, 0.15) is 20.3 Å². The van der Waals surface area contributed by atoms with E-state index in [1.807, 2.05) is 12.1 Å². The average Bonchev–Trinajstić information content (AvgIpc) is 3.09. The van der Waals surface area contributed by atoms with Crippen molar-refractivity contribution in [2.45, 2.75) is 50.4 Å². The van der Waals surface area contributed by atoms with Gasteiger partial charge in [0.25, 0.3) is 0 Å². The van der Waals surface area contributed by atoms with Gasteiger partial charge in [-0.15, -0.1) is 0 Å². The number of rotatable bonds is 5. The molecule has 0 radical (unpaired) electrons. The lowest BCUT2D eigenvalue weighted by Crippen LogP contribution is -2.58. The molecule has 8 heteroatoms. The summed E-state index contributed by atoms with van der Waals surface area (Å²) in [6, 6.07) is 4.37. The molecule has 2 aliphatic heterocycles. The van der Waals surface area contributed by atoms with E-state index in [4.69, 9.17) is 20.7 Å². The lowest BCUT2D eigenvalue weighted by atomic mass is 9.97. The standard InChI is InChI=1S/C17H23NO7/c1-2-10(5-9-3-4-11-12(6-9)24-8-23-11)18-14-16(21)15(20)13(7-19)25-17(14)22/h3-4,6,13-17,19-22H,2,5,7-8H2,1H3/t13-,14-,15-,16-,17?/m1/s1/i1D. The number of fused-ring (bicyclic) bond motifs is 1. The number of nitrogens with zero attached hydrogens (tertiary/aromatic N) is 1. The minimum Gasteiger partial charge on any atom is -0.454 e. The zero-order chi connectivity index (χ0) is 18.7. The van der Waals surface area contributed by atoms with Crippen LogP contribution in [0.5, 0.6) is 11.5 Å². The molecular formula is C17H23NO7. The molecule has 1 unspecified atom stereocenters. The van der Waals surface area contributed by atoms with Gasteiger partial charge in [-0.1, -0.05) is 13.0 Å². The summed E-state index contributed by atoms with van der Waals surface area (Å²) >= 11 is 0. The van der Waals surface area contributed by atoms with E-state index in [9.17, 15) is 15.3 Å². The number of aliphatic imine (C=N–C) groups is 1. The Hall–Kier alpha value is -1.71. The normalized spacial score (nSPS) is 32.6. The van der Waals surface area contributed by atoms with E-state index < -0.39 is 37.3 Å². The van der Waals surface area contributed by atoms with Crippen molar-refractivity contribution in [3.63, 3.8) is 0 Å². The van der Waals surface area contributed by atoms with Gasteiger partial charge in [-0.2, -0.15) is 0 Å². The highest BCUT2D eigenvalue weighted by Crippen LogP contribution is 2.33. The van der Waals surface area contributed by atoms with Gasteiger partial charge in [0.05, 0.1) is 6.61 Å². The van der Waals surface area contributed by atoms with Crippen LogP contribution in [0.15, 0.2) is 23.2 Å². The van der Waals surface area contributed by atoms with Gasteiger partial charge in [0, 0.05) is 13.5 Å². The van der Waals surface area contributed by atoms with Crippen molar-refractivity contribution in [2.75, 3.05) is 13.4 Å². The largest absolute Gasteiger partial charge is 0.454 e.